The van der Waals surface area contributed by atoms with Crippen molar-refractivity contribution in [2.24, 2.45) is 0 Å². The molecular formula is C18H22ClN3OS. The maximum Gasteiger partial charge on any atom is 0.246 e. The van der Waals surface area contributed by atoms with Gasteiger partial charge in [0, 0.05) is 43.3 Å². The summed E-state index contributed by atoms with van der Waals surface area (Å²) < 4.78 is 0. The standard InChI is InChI=1S/C18H21N3OS.ClH/c1-15-14-23-17(19-15)13-20-9-11-21(12-10-20)18(22)8-7-16-5-3-2-4-6-16;/h2-8,14H,9-13H2,1H3;1H. The molecule has 0 aliphatic carbocycles. The summed E-state index contributed by atoms with van der Waals surface area (Å²) in [6.07, 6.45) is 3.56. The minimum atomic E-state index is 0. The lowest BCUT2D eigenvalue weighted by atomic mass is 10.2. The second-order valence-corrected chi connectivity index (χ2v) is 6.67. The molecule has 0 radical (unpaired) electrons. The summed E-state index contributed by atoms with van der Waals surface area (Å²) >= 11 is 1.71. The number of rotatable bonds is 4. The molecule has 0 spiro atoms. The minimum Gasteiger partial charge on any atom is -0.337 e. The van der Waals surface area contributed by atoms with Crippen molar-refractivity contribution in [3.63, 3.8) is 0 Å². The number of amides is 1. The summed E-state index contributed by atoms with van der Waals surface area (Å²) in [7, 11) is 0. The molecule has 1 aromatic carbocycles. The number of nitrogens with zero attached hydrogens (tertiary/aromatic N) is 3. The summed E-state index contributed by atoms with van der Waals surface area (Å²) in [4.78, 5) is 21.0. The summed E-state index contributed by atoms with van der Waals surface area (Å²) in [5, 5.41) is 3.25. The van der Waals surface area contributed by atoms with Gasteiger partial charge in [-0.1, -0.05) is 30.3 Å². The predicted octanol–water partition coefficient (Wildman–Crippen LogP) is 3.23. The fraction of sp³-hybridized carbons (Fsp3) is 0.333. The lowest BCUT2D eigenvalue weighted by molar-refractivity contribution is -0.127. The Bertz CT molecular complexity index is 679. The van der Waals surface area contributed by atoms with Crippen molar-refractivity contribution in [3.05, 3.63) is 58.1 Å². The van der Waals surface area contributed by atoms with Crippen LogP contribution in [-0.4, -0.2) is 46.9 Å². The van der Waals surface area contributed by atoms with Crippen LogP contribution in [0.5, 0.6) is 0 Å². The van der Waals surface area contributed by atoms with Crippen molar-refractivity contribution in [1.29, 1.82) is 0 Å². The predicted molar refractivity (Wildman–Crippen MR) is 101 cm³/mol. The van der Waals surface area contributed by atoms with Crippen LogP contribution in [0.1, 0.15) is 16.3 Å². The number of hydrogen-bond acceptors (Lipinski definition) is 4. The number of carbonyl (C=O) groups excluding carboxylic acids is 1. The number of carbonyl (C=O) groups is 1. The Morgan fingerprint density at radius 2 is 1.92 bits per heavy atom. The van der Waals surface area contributed by atoms with E-state index < -0.39 is 0 Å². The van der Waals surface area contributed by atoms with E-state index in [9.17, 15) is 4.79 Å². The molecular weight excluding hydrogens is 342 g/mol. The van der Waals surface area contributed by atoms with Gasteiger partial charge in [0.25, 0.3) is 0 Å². The van der Waals surface area contributed by atoms with E-state index in [1.165, 1.54) is 0 Å². The Balaban J connectivity index is 0.00000208. The van der Waals surface area contributed by atoms with Gasteiger partial charge in [-0.15, -0.1) is 23.7 Å². The fourth-order valence-corrected chi connectivity index (χ4v) is 3.44. The Morgan fingerprint density at radius 3 is 2.54 bits per heavy atom. The average Bonchev–Trinajstić information content (AvgIpc) is 2.99. The van der Waals surface area contributed by atoms with E-state index >= 15 is 0 Å². The van der Waals surface area contributed by atoms with Crippen LogP contribution in [0.4, 0.5) is 0 Å². The Labute approximate surface area is 153 Å². The lowest BCUT2D eigenvalue weighted by Crippen LogP contribution is -2.47. The Morgan fingerprint density at radius 1 is 1.21 bits per heavy atom. The molecule has 6 heteroatoms. The zero-order chi connectivity index (χ0) is 16.1. The topological polar surface area (TPSA) is 36.4 Å². The first kappa shape index (κ1) is 18.6. The molecule has 0 unspecified atom stereocenters. The van der Waals surface area contributed by atoms with Crippen LogP contribution >= 0.6 is 23.7 Å². The fourth-order valence-electron chi connectivity index (χ4n) is 2.63. The largest absolute Gasteiger partial charge is 0.337 e. The van der Waals surface area contributed by atoms with Gasteiger partial charge in [0.2, 0.25) is 5.91 Å². The van der Waals surface area contributed by atoms with E-state index in [1.54, 1.807) is 17.4 Å². The van der Waals surface area contributed by atoms with Crippen molar-refractivity contribution in [2.75, 3.05) is 26.2 Å². The van der Waals surface area contributed by atoms with Gasteiger partial charge in [-0.3, -0.25) is 9.69 Å². The quantitative estimate of drug-likeness (QED) is 0.782. The molecule has 2 heterocycles. The van der Waals surface area contributed by atoms with Gasteiger partial charge in [-0.25, -0.2) is 4.98 Å². The molecule has 4 nitrogen and oxygen atoms in total. The van der Waals surface area contributed by atoms with Gasteiger partial charge in [0.05, 0.1) is 6.54 Å². The van der Waals surface area contributed by atoms with Crippen LogP contribution in [-0.2, 0) is 11.3 Å². The van der Waals surface area contributed by atoms with Crippen LogP contribution in [0.3, 0.4) is 0 Å². The smallest absolute Gasteiger partial charge is 0.246 e. The zero-order valence-electron chi connectivity index (χ0n) is 13.7. The molecule has 0 atom stereocenters. The third-order valence-corrected chi connectivity index (χ3v) is 4.88. The monoisotopic (exact) mass is 363 g/mol. The van der Waals surface area contributed by atoms with Gasteiger partial charge in [-0.2, -0.15) is 0 Å². The SMILES string of the molecule is Cc1csc(CN2CCN(C(=O)C=Cc3ccccc3)CC2)n1.Cl. The van der Waals surface area contributed by atoms with E-state index in [-0.39, 0.29) is 18.3 Å². The summed E-state index contributed by atoms with van der Waals surface area (Å²) in [5.41, 5.74) is 2.14. The highest BCUT2D eigenvalue weighted by atomic mass is 35.5. The molecule has 1 fully saturated rings. The molecule has 1 aromatic heterocycles. The first-order valence-corrected chi connectivity index (χ1v) is 8.74. The average molecular weight is 364 g/mol. The van der Waals surface area contributed by atoms with Gasteiger partial charge in [-0.05, 0) is 18.6 Å². The molecule has 1 aliphatic rings. The van der Waals surface area contributed by atoms with E-state index in [4.69, 9.17) is 0 Å². The number of piperazine rings is 1. The highest BCUT2D eigenvalue weighted by Gasteiger charge is 2.20. The molecule has 1 saturated heterocycles. The van der Waals surface area contributed by atoms with Crippen LogP contribution in [0.25, 0.3) is 6.08 Å². The second kappa shape index (κ2) is 8.97. The van der Waals surface area contributed by atoms with Crippen molar-refractivity contribution in [2.45, 2.75) is 13.5 Å². The third kappa shape index (κ3) is 5.16. The second-order valence-electron chi connectivity index (χ2n) is 5.73. The maximum absolute atomic E-state index is 12.3. The van der Waals surface area contributed by atoms with Crippen molar-refractivity contribution in [1.82, 2.24) is 14.8 Å². The lowest BCUT2D eigenvalue weighted by Gasteiger charge is -2.33. The van der Waals surface area contributed by atoms with E-state index in [1.807, 2.05) is 48.2 Å². The van der Waals surface area contributed by atoms with Gasteiger partial charge in [0.15, 0.2) is 0 Å². The molecule has 2 aromatic rings. The highest BCUT2D eigenvalue weighted by Crippen LogP contribution is 2.13. The van der Waals surface area contributed by atoms with Crippen LogP contribution < -0.4 is 0 Å². The first-order valence-electron chi connectivity index (χ1n) is 7.86. The van der Waals surface area contributed by atoms with E-state index in [2.05, 4.69) is 15.3 Å². The van der Waals surface area contributed by atoms with Crippen molar-refractivity contribution in [3.8, 4) is 0 Å². The van der Waals surface area contributed by atoms with Gasteiger partial charge in [0.1, 0.15) is 5.01 Å². The number of hydrogen-bond donors (Lipinski definition) is 0. The molecule has 0 N–H and O–H groups in total. The van der Waals surface area contributed by atoms with Gasteiger partial charge < -0.3 is 4.90 Å². The summed E-state index contributed by atoms with van der Waals surface area (Å²) in [6, 6.07) is 9.92. The molecule has 128 valence electrons. The van der Waals surface area contributed by atoms with E-state index in [0.717, 1.165) is 49.0 Å². The number of benzene rings is 1. The number of halogens is 1. The first-order chi connectivity index (χ1) is 11.2. The summed E-state index contributed by atoms with van der Waals surface area (Å²) in [6.45, 7) is 6.29. The maximum atomic E-state index is 12.3. The highest BCUT2D eigenvalue weighted by molar-refractivity contribution is 7.09. The molecule has 24 heavy (non-hydrogen) atoms. The molecule has 3 rings (SSSR count). The van der Waals surface area contributed by atoms with Crippen LogP contribution in [0.2, 0.25) is 0 Å². The zero-order valence-corrected chi connectivity index (χ0v) is 15.4. The molecule has 1 amide bonds. The molecule has 1 aliphatic heterocycles. The number of aromatic nitrogens is 1. The van der Waals surface area contributed by atoms with Gasteiger partial charge >= 0.3 is 0 Å². The van der Waals surface area contributed by atoms with Crippen LogP contribution in [0.15, 0.2) is 41.8 Å². The summed E-state index contributed by atoms with van der Waals surface area (Å²) in [5.74, 6) is 0.0959. The molecule has 0 bridgehead atoms. The molecule has 0 saturated carbocycles. The number of aryl methyl sites for hydroxylation is 1. The Hall–Kier alpha value is -1.69. The van der Waals surface area contributed by atoms with E-state index in [0.29, 0.717) is 0 Å². The van der Waals surface area contributed by atoms with Crippen LogP contribution in [0, 0.1) is 6.92 Å². The van der Waals surface area contributed by atoms with Crippen molar-refractivity contribution < 1.29 is 4.79 Å². The Kier molecular flexibility index (Phi) is 6.97. The minimum absolute atomic E-state index is 0. The normalized spacial score (nSPS) is 15.5. The van der Waals surface area contributed by atoms with Crippen molar-refractivity contribution >= 4 is 35.7 Å². The number of thiazole rings is 1. The third-order valence-electron chi connectivity index (χ3n) is 3.93.